The van der Waals surface area contributed by atoms with E-state index in [2.05, 4.69) is 4.98 Å². The van der Waals surface area contributed by atoms with Gasteiger partial charge in [-0.15, -0.1) is 0 Å². The largest absolute Gasteiger partial charge is 0.495 e. The van der Waals surface area contributed by atoms with Crippen molar-refractivity contribution < 1.29 is 14.6 Å². The van der Waals surface area contributed by atoms with Crippen LogP contribution in [-0.2, 0) is 11.2 Å². The van der Waals surface area contributed by atoms with Crippen LogP contribution in [0.15, 0.2) is 48.7 Å². The minimum atomic E-state index is -0.862. The molecule has 2 rings (SSSR count). The Morgan fingerprint density at radius 3 is 2.63 bits per heavy atom. The summed E-state index contributed by atoms with van der Waals surface area (Å²) in [7, 11) is 1.55. The minimum absolute atomic E-state index is 0.309. The van der Waals surface area contributed by atoms with Crippen LogP contribution in [0.2, 0.25) is 0 Å². The van der Waals surface area contributed by atoms with Crippen molar-refractivity contribution in [1.29, 1.82) is 0 Å². The van der Waals surface area contributed by atoms with E-state index in [0.29, 0.717) is 17.9 Å². The first-order valence-electron chi connectivity index (χ1n) is 5.98. The number of hydrogen-bond acceptors (Lipinski definition) is 3. The smallest absolute Gasteiger partial charge is 0.311 e. The monoisotopic (exact) mass is 257 g/mol. The number of carboxylic acids is 1. The summed E-state index contributed by atoms with van der Waals surface area (Å²) in [5.74, 6) is -0.867. The third-order valence-electron chi connectivity index (χ3n) is 2.97. The van der Waals surface area contributed by atoms with Crippen molar-refractivity contribution in [3.63, 3.8) is 0 Å². The molecule has 0 amide bonds. The van der Waals surface area contributed by atoms with E-state index in [4.69, 9.17) is 4.74 Å². The highest BCUT2D eigenvalue weighted by Gasteiger charge is 2.22. The molecule has 4 heteroatoms. The second-order valence-electron chi connectivity index (χ2n) is 4.16. The summed E-state index contributed by atoms with van der Waals surface area (Å²) in [5, 5.41) is 9.38. The predicted octanol–water partition coefficient (Wildman–Crippen LogP) is 2.50. The van der Waals surface area contributed by atoms with Crippen LogP contribution in [0, 0.1) is 0 Å². The average molecular weight is 257 g/mol. The normalized spacial score (nSPS) is 11.8. The number of methoxy groups -OCH3 is 1. The van der Waals surface area contributed by atoms with Gasteiger partial charge >= 0.3 is 5.97 Å². The molecule has 0 aliphatic rings. The lowest BCUT2D eigenvalue weighted by atomic mass is 9.94. The Morgan fingerprint density at radius 1 is 1.26 bits per heavy atom. The molecule has 1 heterocycles. The van der Waals surface area contributed by atoms with Gasteiger partial charge in [0.1, 0.15) is 5.75 Å². The molecule has 1 aromatic heterocycles. The second kappa shape index (κ2) is 6.00. The molecular weight excluding hydrogens is 242 g/mol. The topological polar surface area (TPSA) is 59.4 Å². The molecule has 19 heavy (non-hydrogen) atoms. The molecule has 1 unspecified atom stereocenters. The maximum Gasteiger partial charge on any atom is 0.311 e. The Hall–Kier alpha value is -2.36. The number of benzene rings is 1. The van der Waals surface area contributed by atoms with Gasteiger partial charge in [0.25, 0.3) is 0 Å². The van der Waals surface area contributed by atoms with E-state index in [1.807, 2.05) is 30.3 Å². The van der Waals surface area contributed by atoms with Gasteiger partial charge in [-0.2, -0.15) is 0 Å². The van der Waals surface area contributed by atoms with Crippen molar-refractivity contribution in [3.8, 4) is 5.75 Å². The maximum atomic E-state index is 11.4. The lowest BCUT2D eigenvalue weighted by Gasteiger charge is -2.14. The van der Waals surface area contributed by atoms with E-state index >= 15 is 0 Å². The van der Waals surface area contributed by atoms with E-state index in [1.54, 1.807) is 25.4 Å². The number of aromatic nitrogens is 1. The molecule has 1 atom stereocenters. The number of hydrogen-bond donors (Lipinski definition) is 1. The molecule has 0 radical (unpaired) electrons. The number of rotatable bonds is 5. The van der Waals surface area contributed by atoms with Crippen molar-refractivity contribution in [2.45, 2.75) is 12.3 Å². The van der Waals surface area contributed by atoms with Crippen molar-refractivity contribution in [2.24, 2.45) is 0 Å². The van der Waals surface area contributed by atoms with Crippen molar-refractivity contribution in [1.82, 2.24) is 4.98 Å². The first kappa shape index (κ1) is 13.1. The fraction of sp³-hybridized carbons (Fsp3) is 0.200. The van der Waals surface area contributed by atoms with Crippen LogP contribution in [0.4, 0.5) is 0 Å². The Morgan fingerprint density at radius 2 is 2.00 bits per heavy atom. The summed E-state index contributed by atoms with van der Waals surface area (Å²) in [5.41, 5.74) is 1.42. The Kier molecular flexibility index (Phi) is 4.13. The molecular formula is C15H15NO3. The van der Waals surface area contributed by atoms with Gasteiger partial charge in [0.15, 0.2) is 0 Å². The highest BCUT2D eigenvalue weighted by atomic mass is 16.5. The predicted molar refractivity (Wildman–Crippen MR) is 71.3 cm³/mol. The fourth-order valence-electron chi connectivity index (χ4n) is 1.99. The molecule has 2 aromatic rings. The third kappa shape index (κ3) is 3.10. The summed E-state index contributed by atoms with van der Waals surface area (Å²) < 4.78 is 5.21. The van der Waals surface area contributed by atoms with Gasteiger partial charge in [0, 0.05) is 12.6 Å². The number of carboxylic acid groups (broad SMARTS) is 1. The maximum absolute atomic E-state index is 11.4. The van der Waals surface area contributed by atoms with Crippen LogP contribution in [0.25, 0.3) is 0 Å². The van der Waals surface area contributed by atoms with Crippen molar-refractivity contribution in [3.05, 3.63) is 59.9 Å². The molecule has 0 saturated carbocycles. The number of ether oxygens (including phenoxy) is 1. The standard InChI is InChI=1S/C15H15NO3/c1-19-14-8-5-9-16-13(14)10-12(15(17)18)11-6-3-2-4-7-11/h2-9,12H,10H2,1H3,(H,17,18). The van der Waals surface area contributed by atoms with Crippen molar-refractivity contribution >= 4 is 5.97 Å². The van der Waals surface area contributed by atoms with Gasteiger partial charge in [0.05, 0.1) is 18.7 Å². The second-order valence-corrected chi connectivity index (χ2v) is 4.16. The SMILES string of the molecule is COc1cccnc1CC(C(=O)O)c1ccccc1. The zero-order valence-electron chi connectivity index (χ0n) is 10.6. The summed E-state index contributed by atoms with van der Waals surface area (Å²) in [6.07, 6.45) is 1.95. The van der Waals surface area contributed by atoms with Crippen molar-refractivity contribution in [2.75, 3.05) is 7.11 Å². The summed E-state index contributed by atoms with van der Waals surface area (Å²) in [6, 6.07) is 12.7. The number of carbonyl (C=O) groups is 1. The molecule has 0 spiro atoms. The van der Waals surface area contributed by atoms with E-state index in [9.17, 15) is 9.90 Å². The number of pyridine rings is 1. The third-order valence-corrected chi connectivity index (χ3v) is 2.97. The first-order chi connectivity index (χ1) is 9.22. The molecule has 1 aromatic carbocycles. The van der Waals surface area contributed by atoms with Crippen LogP contribution in [-0.4, -0.2) is 23.2 Å². The molecule has 0 aliphatic heterocycles. The molecule has 0 fully saturated rings. The van der Waals surface area contributed by atoms with Gasteiger partial charge < -0.3 is 9.84 Å². The zero-order chi connectivity index (χ0) is 13.7. The highest BCUT2D eigenvalue weighted by Crippen LogP contribution is 2.25. The lowest BCUT2D eigenvalue weighted by Crippen LogP contribution is -2.15. The summed E-state index contributed by atoms with van der Waals surface area (Å²) in [6.45, 7) is 0. The van der Waals surface area contributed by atoms with Crippen LogP contribution >= 0.6 is 0 Å². The van der Waals surface area contributed by atoms with Gasteiger partial charge in [-0.25, -0.2) is 0 Å². The van der Waals surface area contributed by atoms with Crippen LogP contribution < -0.4 is 4.74 Å². The molecule has 0 saturated heterocycles. The number of nitrogens with zero attached hydrogens (tertiary/aromatic N) is 1. The lowest BCUT2D eigenvalue weighted by molar-refractivity contribution is -0.138. The van der Waals surface area contributed by atoms with Gasteiger partial charge in [-0.1, -0.05) is 30.3 Å². The average Bonchev–Trinajstić information content (AvgIpc) is 2.45. The quantitative estimate of drug-likeness (QED) is 0.894. The molecule has 0 aliphatic carbocycles. The van der Waals surface area contributed by atoms with E-state index in [1.165, 1.54) is 0 Å². The first-order valence-corrected chi connectivity index (χ1v) is 5.98. The van der Waals surface area contributed by atoms with E-state index in [-0.39, 0.29) is 0 Å². The number of aliphatic carboxylic acids is 1. The molecule has 4 nitrogen and oxygen atoms in total. The highest BCUT2D eigenvalue weighted by molar-refractivity contribution is 5.76. The van der Waals surface area contributed by atoms with Gasteiger partial charge in [0.2, 0.25) is 0 Å². The Labute approximate surface area is 111 Å². The van der Waals surface area contributed by atoms with Gasteiger partial charge in [-0.05, 0) is 17.7 Å². The Balaban J connectivity index is 2.30. The van der Waals surface area contributed by atoms with Crippen LogP contribution in [0.1, 0.15) is 17.2 Å². The molecule has 0 bridgehead atoms. The fourth-order valence-corrected chi connectivity index (χ4v) is 1.99. The van der Waals surface area contributed by atoms with E-state index < -0.39 is 11.9 Å². The summed E-state index contributed by atoms with van der Waals surface area (Å²) >= 11 is 0. The molecule has 1 N–H and O–H groups in total. The van der Waals surface area contributed by atoms with Crippen LogP contribution in [0.5, 0.6) is 5.75 Å². The van der Waals surface area contributed by atoms with Gasteiger partial charge in [-0.3, -0.25) is 9.78 Å². The Bertz CT molecular complexity index is 554. The summed E-state index contributed by atoms with van der Waals surface area (Å²) in [4.78, 5) is 15.6. The molecule has 98 valence electrons. The van der Waals surface area contributed by atoms with Crippen LogP contribution in [0.3, 0.4) is 0 Å². The minimum Gasteiger partial charge on any atom is -0.495 e. The van der Waals surface area contributed by atoms with E-state index in [0.717, 1.165) is 5.56 Å². The zero-order valence-corrected chi connectivity index (χ0v) is 10.6.